The summed E-state index contributed by atoms with van der Waals surface area (Å²) in [6.07, 6.45) is 1.61. The summed E-state index contributed by atoms with van der Waals surface area (Å²) >= 11 is 6.88. The lowest BCUT2D eigenvalue weighted by atomic mass is 10.1. The number of hydrogen-bond acceptors (Lipinski definition) is 7. The van der Waals surface area contributed by atoms with Crippen LogP contribution in [0.4, 0.5) is 4.79 Å². The maximum Gasteiger partial charge on any atom is 0.343 e. The molecule has 0 atom stereocenters. The molecule has 1 fully saturated rings. The van der Waals surface area contributed by atoms with Gasteiger partial charge < -0.3 is 14.2 Å². The fourth-order valence-electron chi connectivity index (χ4n) is 3.46. The van der Waals surface area contributed by atoms with Crippen molar-refractivity contribution in [2.45, 2.75) is 13.5 Å². The molecule has 184 valence electrons. The summed E-state index contributed by atoms with van der Waals surface area (Å²) in [5, 5.41) is 0.174. The highest BCUT2D eigenvalue weighted by Crippen LogP contribution is 2.36. The highest BCUT2D eigenvalue weighted by atomic mass is 35.5. The molecule has 36 heavy (non-hydrogen) atoms. The van der Waals surface area contributed by atoms with Crippen LogP contribution in [-0.2, 0) is 11.3 Å². The average Bonchev–Trinajstić information content (AvgIpc) is 3.13. The molecule has 0 aromatic heterocycles. The summed E-state index contributed by atoms with van der Waals surface area (Å²) in [5.74, 6) is 0.268. The van der Waals surface area contributed by atoms with Crippen LogP contribution in [0.2, 0.25) is 5.02 Å². The van der Waals surface area contributed by atoms with Gasteiger partial charge in [0.25, 0.3) is 11.1 Å². The van der Waals surface area contributed by atoms with E-state index in [9.17, 15) is 14.4 Å². The molecule has 1 saturated heterocycles. The number of esters is 1. The van der Waals surface area contributed by atoms with E-state index in [0.29, 0.717) is 34.3 Å². The van der Waals surface area contributed by atoms with Crippen LogP contribution in [0.5, 0.6) is 17.2 Å². The molecule has 7 nitrogen and oxygen atoms in total. The van der Waals surface area contributed by atoms with Crippen LogP contribution in [0.25, 0.3) is 6.08 Å². The van der Waals surface area contributed by atoms with E-state index in [1.54, 1.807) is 79.9 Å². The third kappa shape index (κ3) is 5.90. The first-order valence-electron chi connectivity index (χ1n) is 11.0. The fourth-order valence-corrected chi connectivity index (χ4v) is 4.51. The Bertz CT molecular complexity index is 1340. The Morgan fingerprint density at radius 3 is 2.50 bits per heavy atom. The molecular formula is C27H22ClNO6S. The number of carbonyl (C=O) groups is 3. The molecule has 1 aliphatic rings. The molecule has 0 spiro atoms. The van der Waals surface area contributed by atoms with Crippen molar-refractivity contribution < 1.29 is 28.6 Å². The lowest BCUT2D eigenvalue weighted by Gasteiger charge is -2.13. The van der Waals surface area contributed by atoms with Crippen molar-refractivity contribution in [3.8, 4) is 17.2 Å². The smallest absolute Gasteiger partial charge is 0.343 e. The van der Waals surface area contributed by atoms with Gasteiger partial charge in [0.15, 0.2) is 11.5 Å². The van der Waals surface area contributed by atoms with E-state index < -0.39 is 11.9 Å². The van der Waals surface area contributed by atoms with Gasteiger partial charge in [-0.05, 0) is 84.4 Å². The van der Waals surface area contributed by atoms with Gasteiger partial charge in [0.2, 0.25) is 0 Å². The van der Waals surface area contributed by atoms with Crippen LogP contribution in [-0.4, -0.2) is 35.7 Å². The molecule has 0 unspecified atom stereocenters. The van der Waals surface area contributed by atoms with Gasteiger partial charge in [0.1, 0.15) is 5.75 Å². The van der Waals surface area contributed by atoms with Crippen molar-refractivity contribution in [3.05, 3.63) is 93.3 Å². The van der Waals surface area contributed by atoms with Gasteiger partial charge in [0, 0.05) is 5.02 Å². The number of imide groups is 1. The minimum Gasteiger partial charge on any atom is -0.497 e. The molecular weight excluding hydrogens is 502 g/mol. The van der Waals surface area contributed by atoms with Crippen LogP contribution in [0.15, 0.2) is 71.6 Å². The van der Waals surface area contributed by atoms with E-state index in [1.165, 1.54) is 4.90 Å². The topological polar surface area (TPSA) is 82.1 Å². The maximum atomic E-state index is 12.9. The Morgan fingerprint density at radius 1 is 1.03 bits per heavy atom. The Hall–Kier alpha value is -3.75. The van der Waals surface area contributed by atoms with Crippen molar-refractivity contribution in [2.24, 2.45) is 0 Å². The largest absolute Gasteiger partial charge is 0.497 e. The number of nitrogens with zero attached hydrogens (tertiary/aromatic N) is 1. The van der Waals surface area contributed by atoms with Gasteiger partial charge in [-0.1, -0.05) is 29.8 Å². The highest BCUT2D eigenvalue weighted by Gasteiger charge is 2.35. The average molecular weight is 524 g/mol. The highest BCUT2D eigenvalue weighted by molar-refractivity contribution is 8.18. The summed E-state index contributed by atoms with van der Waals surface area (Å²) in [5.41, 5.74) is 1.74. The molecule has 0 aliphatic carbocycles. The molecule has 0 bridgehead atoms. The summed E-state index contributed by atoms with van der Waals surface area (Å²) < 4.78 is 16.3. The van der Waals surface area contributed by atoms with Gasteiger partial charge in [-0.25, -0.2) is 4.79 Å². The van der Waals surface area contributed by atoms with Gasteiger partial charge >= 0.3 is 5.97 Å². The van der Waals surface area contributed by atoms with Crippen LogP contribution in [0, 0.1) is 0 Å². The van der Waals surface area contributed by atoms with Crippen LogP contribution < -0.4 is 14.2 Å². The maximum absolute atomic E-state index is 12.9. The van der Waals surface area contributed by atoms with E-state index >= 15 is 0 Å². The second kappa shape index (κ2) is 11.3. The van der Waals surface area contributed by atoms with E-state index in [2.05, 4.69) is 0 Å². The van der Waals surface area contributed by atoms with Crippen LogP contribution >= 0.6 is 23.4 Å². The zero-order valence-electron chi connectivity index (χ0n) is 19.5. The number of ether oxygens (including phenoxy) is 3. The first-order chi connectivity index (χ1) is 17.4. The summed E-state index contributed by atoms with van der Waals surface area (Å²) in [6, 6.07) is 18.5. The normalized spacial score (nSPS) is 14.3. The molecule has 0 saturated carbocycles. The number of hydrogen-bond donors (Lipinski definition) is 0. The minimum atomic E-state index is -0.548. The second-order valence-electron chi connectivity index (χ2n) is 7.65. The number of carbonyl (C=O) groups excluding carboxylic acids is 3. The van der Waals surface area contributed by atoms with Crippen molar-refractivity contribution in [1.29, 1.82) is 0 Å². The first kappa shape index (κ1) is 25.3. The zero-order valence-corrected chi connectivity index (χ0v) is 21.1. The van der Waals surface area contributed by atoms with E-state index in [0.717, 1.165) is 17.3 Å². The second-order valence-corrected chi connectivity index (χ2v) is 9.08. The lowest BCUT2D eigenvalue weighted by molar-refractivity contribution is -0.123. The van der Waals surface area contributed by atoms with Gasteiger partial charge in [-0.15, -0.1) is 0 Å². The number of methoxy groups -OCH3 is 1. The first-order valence-corrected chi connectivity index (χ1v) is 12.2. The number of halogens is 1. The zero-order chi connectivity index (χ0) is 25.7. The van der Waals surface area contributed by atoms with E-state index in [4.69, 9.17) is 25.8 Å². The molecule has 4 rings (SSSR count). The van der Waals surface area contributed by atoms with Crippen molar-refractivity contribution in [3.63, 3.8) is 0 Å². The van der Waals surface area contributed by atoms with Crippen molar-refractivity contribution >= 4 is 46.6 Å². The van der Waals surface area contributed by atoms with E-state index in [1.807, 2.05) is 6.92 Å². The molecule has 9 heteroatoms. The third-order valence-corrected chi connectivity index (χ3v) is 6.34. The molecule has 1 heterocycles. The number of benzene rings is 3. The van der Waals surface area contributed by atoms with Gasteiger partial charge in [0.05, 0.1) is 30.7 Å². The molecule has 0 N–H and O–H groups in total. The van der Waals surface area contributed by atoms with Crippen molar-refractivity contribution in [2.75, 3.05) is 13.7 Å². The molecule has 3 aromatic carbocycles. The predicted octanol–water partition coefficient (Wildman–Crippen LogP) is 6.20. The standard InChI is InChI=1S/C27H22ClNO6S/c1-3-34-23-14-17(7-12-22(23)35-26(31)19-8-10-21(33-2)11-9-19)15-24-25(30)29(27(32)36-24)16-18-5-4-6-20(28)13-18/h4-15H,3,16H2,1-2H3/b24-15-. The fraction of sp³-hybridized carbons (Fsp3) is 0.148. The third-order valence-electron chi connectivity index (χ3n) is 5.20. The van der Waals surface area contributed by atoms with E-state index in [-0.39, 0.29) is 22.4 Å². The van der Waals surface area contributed by atoms with Crippen LogP contribution in [0.1, 0.15) is 28.4 Å². The Morgan fingerprint density at radius 2 is 1.81 bits per heavy atom. The predicted molar refractivity (Wildman–Crippen MR) is 139 cm³/mol. The molecule has 2 amide bonds. The molecule has 0 radical (unpaired) electrons. The Labute approximate surface area is 217 Å². The van der Waals surface area contributed by atoms with Gasteiger partial charge in [-0.2, -0.15) is 0 Å². The summed E-state index contributed by atoms with van der Waals surface area (Å²) in [4.78, 5) is 39.5. The molecule has 1 aliphatic heterocycles. The Balaban J connectivity index is 1.52. The van der Waals surface area contributed by atoms with Crippen molar-refractivity contribution in [1.82, 2.24) is 4.90 Å². The Kier molecular flexibility index (Phi) is 7.97. The van der Waals surface area contributed by atoms with Gasteiger partial charge in [-0.3, -0.25) is 14.5 Å². The minimum absolute atomic E-state index is 0.132. The van der Waals surface area contributed by atoms with Crippen LogP contribution in [0.3, 0.4) is 0 Å². The molecule has 3 aromatic rings. The summed E-state index contributed by atoms with van der Waals surface area (Å²) in [6.45, 7) is 2.28. The SMILES string of the molecule is CCOc1cc(/C=C2\SC(=O)N(Cc3cccc(Cl)c3)C2=O)ccc1OC(=O)c1ccc(OC)cc1. The number of amides is 2. The monoisotopic (exact) mass is 523 g/mol. The quantitative estimate of drug-likeness (QED) is 0.197. The lowest BCUT2D eigenvalue weighted by Crippen LogP contribution is -2.27. The number of thioether (sulfide) groups is 1. The number of rotatable bonds is 8. The summed E-state index contributed by atoms with van der Waals surface area (Å²) in [7, 11) is 1.54.